The molecule has 3 rings (SSSR count). The van der Waals surface area contributed by atoms with Crippen molar-refractivity contribution in [3.8, 4) is 0 Å². The summed E-state index contributed by atoms with van der Waals surface area (Å²) in [6.45, 7) is 0.761. The average Bonchev–Trinajstić information content (AvgIpc) is 2.56. The van der Waals surface area contributed by atoms with Gasteiger partial charge >= 0.3 is 0 Å². The van der Waals surface area contributed by atoms with Crippen LogP contribution in [-0.4, -0.2) is 17.5 Å². The molecule has 0 spiro atoms. The van der Waals surface area contributed by atoms with Crippen LogP contribution in [0.15, 0.2) is 60.7 Å². The highest BCUT2D eigenvalue weighted by molar-refractivity contribution is 5.93. The van der Waals surface area contributed by atoms with Crippen LogP contribution < -0.4 is 5.43 Å². The number of hydrogen-bond donors (Lipinski definition) is 1. The predicted octanol–water partition coefficient (Wildman–Crippen LogP) is 3.17. The Balaban J connectivity index is 1.74. The van der Waals surface area contributed by atoms with Crippen LogP contribution in [0.5, 0.6) is 0 Å². The third-order valence-electron chi connectivity index (χ3n) is 3.65. The van der Waals surface area contributed by atoms with Gasteiger partial charge in [0, 0.05) is 12.1 Å². The molecule has 1 aliphatic heterocycles. The standard InChI is InChI=1S/C17H18N2O/c20-17(15-10-5-2-6-11-15)19-13-7-12-16(18-19)14-8-3-1-4-9-14/h1-6,8-11,16,18H,7,12-13H2. The van der Waals surface area contributed by atoms with Gasteiger partial charge in [-0.2, -0.15) is 0 Å². The van der Waals surface area contributed by atoms with Crippen molar-refractivity contribution in [1.82, 2.24) is 10.4 Å². The van der Waals surface area contributed by atoms with Gasteiger partial charge in [-0.25, -0.2) is 5.43 Å². The summed E-state index contributed by atoms with van der Waals surface area (Å²) in [5.41, 5.74) is 5.32. The number of hydrogen-bond acceptors (Lipinski definition) is 2. The average molecular weight is 266 g/mol. The molecule has 3 nitrogen and oxygen atoms in total. The van der Waals surface area contributed by atoms with Crippen LogP contribution >= 0.6 is 0 Å². The zero-order valence-corrected chi connectivity index (χ0v) is 11.3. The van der Waals surface area contributed by atoms with Crippen LogP contribution in [0, 0.1) is 0 Å². The van der Waals surface area contributed by atoms with Crippen molar-refractivity contribution in [1.29, 1.82) is 0 Å². The second kappa shape index (κ2) is 5.88. The maximum atomic E-state index is 12.4. The van der Waals surface area contributed by atoms with E-state index in [1.807, 2.05) is 48.5 Å². The zero-order valence-electron chi connectivity index (χ0n) is 11.3. The Hall–Kier alpha value is -2.13. The van der Waals surface area contributed by atoms with Gasteiger partial charge in [0.25, 0.3) is 5.91 Å². The van der Waals surface area contributed by atoms with Crippen molar-refractivity contribution in [2.45, 2.75) is 18.9 Å². The van der Waals surface area contributed by atoms with E-state index in [1.165, 1.54) is 5.56 Å². The topological polar surface area (TPSA) is 32.3 Å². The van der Waals surface area contributed by atoms with Crippen LogP contribution in [0.4, 0.5) is 0 Å². The normalized spacial score (nSPS) is 18.8. The van der Waals surface area contributed by atoms with Crippen molar-refractivity contribution in [3.05, 3.63) is 71.8 Å². The van der Waals surface area contributed by atoms with E-state index in [1.54, 1.807) is 5.01 Å². The lowest BCUT2D eigenvalue weighted by Gasteiger charge is -2.34. The molecule has 0 saturated carbocycles. The minimum atomic E-state index is 0.0474. The highest BCUT2D eigenvalue weighted by Gasteiger charge is 2.24. The van der Waals surface area contributed by atoms with Gasteiger partial charge < -0.3 is 0 Å². The molecule has 1 unspecified atom stereocenters. The fourth-order valence-electron chi connectivity index (χ4n) is 2.59. The molecule has 1 amide bonds. The van der Waals surface area contributed by atoms with E-state index >= 15 is 0 Å². The fraction of sp³-hybridized carbons (Fsp3) is 0.235. The number of nitrogens with zero attached hydrogens (tertiary/aromatic N) is 1. The maximum Gasteiger partial charge on any atom is 0.267 e. The van der Waals surface area contributed by atoms with Crippen molar-refractivity contribution in [2.75, 3.05) is 6.54 Å². The highest BCUT2D eigenvalue weighted by atomic mass is 16.2. The van der Waals surface area contributed by atoms with Gasteiger partial charge in [0.05, 0.1) is 6.04 Å². The molecule has 0 radical (unpaired) electrons. The number of carbonyl (C=O) groups excluding carboxylic acids is 1. The van der Waals surface area contributed by atoms with Crippen LogP contribution in [0.3, 0.4) is 0 Å². The largest absolute Gasteiger partial charge is 0.273 e. The van der Waals surface area contributed by atoms with E-state index in [2.05, 4.69) is 17.6 Å². The van der Waals surface area contributed by atoms with E-state index in [-0.39, 0.29) is 11.9 Å². The van der Waals surface area contributed by atoms with Crippen LogP contribution in [0.1, 0.15) is 34.8 Å². The molecule has 1 N–H and O–H groups in total. The van der Waals surface area contributed by atoms with E-state index < -0.39 is 0 Å². The third kappa shape index (κ3) is 2.73. The van der Waals surface area contributed by atoms with E-state index in [4.69, 9.17) is 0 Å². The number of rotatable bonds is 2. The maximum absolute atomic E-state index is 12.4. The smallest absolute Gasteiger partial charge is 0.267 e. The number of hydrazine groups is 1. The molecule has 0 aliphatic carbocycles. The Morgan fingerprint density at radius 3 is 2.35 bits per heavy atom. The molecular weight excluding hydrogens is 248 g/mol. The van der Waals surface area contributed by atoms with Crippen molar-refractivity contribution >= 4 is 5.91 Å². The SMILES string of the molecule is O=C(c1ccccc1)N1CCCC(c2ccccc2)N1. The summed E-state index contributed by atoms with van der Waals surface area (Å²) >= 11 is 0. The second-order valence-corrected chi connectivity index (χ2v) is 5.06. The molecule has 0 bridgehead atoms. The van der Waals surface area contributed by atoms with Crippen molar-refractivity contribution in [2.24, 2.45) is 0 Å². The first-order valence-electron chi connectivity index (χ1n) is 7.02. The molecule has 20 heavy (non-hydrogen) atoms. The summed E-state index contributed by atoms with van der Waals surface area (Å²) in [7, 11) is 0. The number of benzene rings is 2. The lowest BCUT2D eigenvalue weighted by Crippen LogP contribution is -2.48. The van der Waals surface area contributed by atoms with Gasteiger partial charge in [-0.15, -0.1) is 0 Å². The van der Waals surface area contributed by atoms with Gasteiger partial charge in [-0.05, 0) is 30.5 Å². The van der Waals surface area contributed by atoms with Crippen molar-refractivity contribution < 1.29 is 4.79 Å². The lowest BCUT2D eigenvalue weighted by atomic mass is 10.0. The minimum absolute atomic E-state index is 0.0474. The summed E-state index contributed by atoms with van der Waals surface area (Å²) in [5, 5.41) is 1.75. The number of nitrogens with one attached hydrogen (secondary N) is 1. The summed E-state index contributed by atoms with van der Waals surface area (Å²) in [5.74, 6) is 0.0474. The van der Waals surface area contributed by atoms with Gasteiger partial charge in [0.2, 0.25) is 0 Å². The first kappa shape index (κ1) is 12.9. The quantitative estimate of drug-likeness (QED) is 0.905. The number of amides is 1. The van der Waals surface area contributed by atoms with Gasteiger partial charge in [0.15, 0.2) is 0 Å². The molecule has 1 aliphatic rings. The Labute approximate surface area is 119 Å². The van der Waals surface area contributed by atoms with Gasteiger partial charge in [0.1, 0.15) is 0 Å². The lowest BCUT2D eigenvalue weighted by molar-refractivity contribution is 0.0533. The zero-order chi connectivity index (χ0) is 13.8. The predicted molar refractivity (Wildman–Crippen MR) is 79.0 cm³/mol. The highest BCUT2D eigenvalue weighted by Crippen LogP contribution is 2.23. The monoisotopic (exact) mass is 266 g/mol. The molecule has 1 fully saturated rings. The Kier molecular flexibility index (Phi) is 3.79. The molecule has 3 heteroatoms. The van der Waals surface area contributed by atoms with Gasteiger partial charge in [-0.1, -0.05) is 48.5 Å². The van der Waals surface area contributed by atoms with E-state index in [0.717, 1.165) is 24.9 Å². The van der Waals surface area contributed by atoms with Crippen LogP contribution in [0.25, 0.3) is 0 Å². The van der Waals surface area contributed by atoms with Gasteiger partial charge in [-0.3, -0.25) is 9.80 Å². The first-order valence-corrected chi connectivity index (χ1v) is 7.02. The summed E-state index contributed by atoms with van der Waals surface area (Å²) in [6, 6.07) is 19.9. The summed E-state index contributed by atoms with van der Waals surface area (Å²) in [6.07, 6.45) is 2.08. The van der Waals surface area contributed by atoms with Crippen LogP contribution in [-0.2, 0) is 0 Å². The number of carbonyl (C=O) groups is 1. The third-order valence-corrected chi connectivity index (χ3v) is 3.65. The molecule has 0 aromatic heterocycles. The van der Waals surface area contributed by atoms with E-state index in [0.29, 0.717) is 0 Å². The molecule has 2 aromatic rings. The second-order valence-electron chi connectivity index (χ2n) is 5.06. The minimum Gasteiger partial charge on any atom is -0.273 e. The molecule has 1 atom stereocenters. The fourth-order valence-corrected chi connectivity index (χ4v) is 2.59. The summed E-state index contributed by atoms with van der Waals surface area (Å²) in [4.78, 5) is 12.4. The van der Waals surface area contributed by atoms with E-state index in [9.17, 15) is 4.79 Å². The molecule has 1 heterocycles. The Morgan fingerprint density at radius 2 is 1.65 bits per heavy atom. The Bertz CT molecular complexity index is 568. The molecular formula is C17H18N2O. The Morgan fingerprint density at radius 1 is 1.00 bits per heavy atom. The summed E-state index contributed by atoms with van der Waals surface area (Å²) < 4.78 is 0. The van der Waals surface area contributed by atoms with Crippen LogP contribution in [0.2, 0.25) is 0 Å². The van der Waals surface area contributed by atoms with Crippen molar-refractivity contribution in [3.63, 3.8) is 0 Å². The molecule has 1 saturated heterocycles. The molecule has 2 aromatic carbocycles. The first-order chi connectivity index (χ1) is 9.84. The molecule has 102 valence electrons.